The molecule has 4 nitrogen and oxygen atoms in total. The lowest BCUT2D eigenvalue weighted by atomic mass is 9.93. The smallest absolute Gasteiger partial charge is 0.161 e. The molecule has 1 aromatic rings. The van der Waals surface area contributed by atoms with Crippen LogP contribution in [0.1, 0.15) is 12.8 Å². The fourth-order valence-electron chi connectivity index (χ4n) is 2.45. The van der Waals surface area contributed by atoms with E-state index >= 15 is 0 Å². The summed E-state index contributed by atoms with van der Waals surface area (Å²) in [4.78, 5) is 4.87. The van der Waals surface area contributed by atoms with Gasteiger partial charge in [0.1, 0.15) is 5.75 Å². The van der Waals surface area contributed by atoms with Crippen LogP contribution in [0.15, 0.2) is 23.2 Å². The number of methoxy groups -OCH3 is 1. The largest absolute Gasteiger partial charge is 0.495 e. The first-order chi connectivity index (χ1) is 9.71. The lowest BCUT2D eigenvalue weighted by molar-refractivity contribution is 0.0624. The van der Waals surface area contributed by atoms with Crippen molar-refractivity contribution in [2.75, 3.05) is 31.4 Å². The third-order valence-electron chi connectivity index (χ3n) is 3.64. The van der Waals surface area contributed by atoms with Crippen molar-refractivity contribution in [1.29, 1.82) is 0 Å². The van der Waals surface area contributed by atoms with Crippen LogP contribution in [0.25, 0.3) is 0 Å². The molecule has 1 fully saturated rings. The SMILES string of the molecule is COc1ccc(Cl)cc1NC1=NC2(CCOCC2)CS1. The molecule has 0 radical (unpaired) electrons. The van der Waals surface area contributed by atoms with E-state index in [1.807, 2.05) is 18.2 Å². The first kappa shape index (κ1) is 14.0. The van der Waals surface area contributed by atoms with Gasteiger partial charge in [0.05, 0.1) is 18.3 Å². The van der Waals surface area contributed by atoms with E-state index < -0.39 is 0 Å². The third-order valence-corrected chi connectivity index (χ3v) is 5.03. The molecule has 0 aromatic heterocycles. The minimum absolute atomic E-state index is 0.0526. The van der Waals surface area contributed by atoms with Gasteiger partial charge in [-0.1, -0.05) is 23.4 Å². The zero-order valence-electron chi connectivity index (χ0n) is 11.3. The van der Waals surface area contributed by atoms with Gasteiger partial charge in [0.15, 0.2) is 5.17 Å². The van der Waals surface area contributed by atoms with Crippen LogP contribution in [0.3, 0.4) is 0 Å². The highest BCUT2D eigenvalue weighted by molar-refractivity contribution is 8.14. The van der Waals surface area contributed by atoms with Crippen molar-refractivity contribution in [3.8, 4) is 5.75 Å². The zero-order valence-corrected chi connectivity index (χ0v) is 12.9. The van der Waals surface area contributed by atoms with Crippen molar-refractivity contribution >= 4 is 34.2 Å². The Balaban J connectivity index is 1.78. The molecule has 20 heavy (non-hydrogen) atoms. The summed E-state index contributed by atoms with van der Waals surface area (Å²) in [7, 11) is 1.65. The zero-order chi connectivity index (χ0) is 14.0. The number of ether oxygens (including phenoxy) is 2. The highest BCUT2D eigenvalue weighted by atomic mass is 35.5. The highest BCUT2D eigenvalue weighted by Gasteiger charge is 2.37. The minimum Gasteiger partial charge on any atom is -0.495 e. The van der Waals surface area contributed by atoms with Crippen LogP contribution in [0.2, 0.25) is 5.02 Å². The molecule has 0 unspecified atom stereocenters. The van der Waals surface area contributed by atoms with Crippen LogP contribution in [0.5, 0.6) is 5.75 Å². The van der Waals surface area contributed by atoms with Crippen LogP contribution in [0, 0.1) is 0 Å². The Bertz CT molecular complexity index is 530. The standard InChI is InChI=1S/C14H17ClN2O2S/c1-18-12-3-2-10(15)8-11(12)16-13-17-14(9-20-13)4-6-19-7-5-14/h2-3,8H,4-7,9H2,1H3,(H,16,17). The van der Waals surface area contributed by atoms with Crippen molar-refractivity contribution in [2.24, 2.45) is 4.99 Å². The van der Waals surface area contributed by atoms with Gasteiger partial charge in [0.2, 0.25) is 0 Å². The van der Waals surface area contributed by atoms with Gasteiger partial charge in [-0.2, -0.15) is 0 Å². The van der Waals surface area contributed by atoms with Crippen LogP contribution in [-0.4, -0.2) is 36.8 Å². The molecule has 0 bridgehead atoms. The van der Waals surface area contributed by atoms with Crippen molar-refractivity contribution in [3.63, 3.8) is 0 Å². The van der Waals surface area contributed by atoms with Gasteiger partial charge in [-0.25, -0.2) is 0 Å². The topological polar surface area (TPSA) is 42.8 Å². The Morgan fingerprint density at radius 1 is 1.40 bits per heavy atom. The molecule has 0 amide bonds. The Labute approximate surface area is 127 Å². The third kappa shape index (κ3) is 2.90. The number of rotatable bonds is 2. The lowest BCUT2D eigenvalue weighted by Gasteiger charge is -2.29. The maximum Gasteiger partial charge on any atom is 0.161 e. The Kier molecular flexibility index (Phi) is 4.10. The molecule has 0 atom stereocenters. The summed E-state index contributed by atoms with van der Waals surface area (Å²) in [5.74, 6) is 1.78. The molecule has 108 valence electrons. The monoisotopic (exact) mass is 312 g/mol. The molecule has 2 aliphatic rings. The van der Waals surface area contributed by atoms with E-state index in [2.05, 4.69) is 5.32 Å². The first-order valence-electron chi connectivity index (χ1n) is 6.62. The molecule has 1 saturated heterocycles. The molecule has 6 heteroatoms. The molecule has 1 aromatic carbocycles. The molecule has 2 heterocycles. The van der Waals surface area contributed by atoms with Gasteiger partial charge >= 0.3 is 0 Å². The summed E-state index contributed by atoms with van der Waals surface area (Å²) in [5, 5.41) is 4.95. The van der Waals surface area contributed by atoms with Crippen LogP contribution >= 0.6 is 23.4 Å². The van der Waals surface area contributed by atoms with E-state index in [0.717, 1.165) is 48.4 Å². The minimum atomic E-state index is 0.0526. The molecule has 1 spiro atoms. The Morgan fingerprint density at radius 3 is 2.95 bits per heavy atom. The maximum absolute atomic E-state index is 6.04. The molecular weight excluding hydrogens is 296 g/mol. The first-order valence-corrected chi connectivity index (χ1v) is 7.98. The average molecular weight is 313 g/mol. The summed E-state index contributed by atoms with van der Waals surface area (Å²) in [5.41, 5.74) is 0.909. The summed E-state index contributed by atoms with van der Waals surface area (Å²) >= 11 is 7.79. The van der Waals surface area contributed by atoms with Gasteiger partial charge in [-0.3, -0.25) is 4.99 Å². The van der Waals surface area contributed by atoms with E-state index in [-0.39, 0.29) is 5.54 Å². The molecular formula is C14H17ClN2O2S. The van der Waals surface area contributed by atoms with E-state index in [0.29, 0.717) is 5.02 Å². The second-order valence-electron chi connectivity index (χ2n) is 5.01. The average Bonchev–Trinajstić information content (AvgIpc) is 2.82. The summed E-state index contributed by atoms with van der Waals surface area (Å²) in [6, 6.07) is 5.53. The van der Waals surface area contributed by atoms with Crippen LogP contribution in [-0.2, 0) is 4.74 Å². The van der Waals surface area contributed by atoms with Gasteiger partial charge in [-0.05, 0) is 31.0 Å². The molecule has 2 aliphatic heterocycles. The van der Waals surface area contributed by atoms with Gasteiger partial charge in [-0.15, -0.1) is 0 Å². The van der Waals surface area contributed by atoms with Crippen molar-refractivity contribution < 1.29 is 9.47 Å². The second kappa shape index (κ2) is 5.84. The van der Waals surface area contributed by atoms with Gasteiger partial charge in [0.25, 0.3) is 0 Å². The molecule has 0 saturated carbocycles. The van der Waals surface area contributed by atoms with Gasteiger partial charge < -0.3 is 14.8 Å². The quantitative estimate of drug-likeness (QED) is 0.908. The Morgan fingerprint density at radius 2 is 2.20 bits per heavy atom. The number of aliphatic imine (C=N–C) groups is 1. The summed E-state index contributed by atoms with van der Waals surface area (Å²) in [6.07, 6.45) is 2.00. The summed E-state index contributed by atoms with van der Waals surface area (Å²) in [6.45, 7) is 1.61. The molecule has 3 rings (SSSR count). The highest BCUT2D eigenvalue weighted by Crippen LogP contribution is 2.37. The van der Waals surface area contributed by atoms with Crippen molar-refractivity contribution in [1.82, 2.24) is 0 Å². The maximum atomic E-state index is 6.04. The van der Waals surface area contributed by atoms with E-state index in [1.54, 1.807) is 18.9 Å². The predicted octanol–water partition coefficient (Wildman–Crippen LogP) is 3.41. The number of amidine groups is 1. The number of nitrogens with one attached hydrogen (secondary N) is 1. The number of benzene rings is 1. The fourth-order valence-corrected chi connectivity index (χ4v) is 3.82. The van der Waals surface area contributed by atoms with Gasteiger partial charge in [0, 0.05) is 24.0 Å². The fraction of sp³-hybridized carbons (Fsp3) is 0.500. The predicted molar refractivity (Wildman–Crippen MR) is 84.3 cm³/mol. The number of halogens is 1. The number of hydrogen-bond donors (Lipinski definition) is 1. The summed E-state index contributed by atoms with van der Waals surface area (Å²) < 4.78 is 10.8. The van der Waals surface area contributed by atoms with Crippen molar-refractivity contribution in [3.05, 3.63) is 23.2 Å². The van der Waals surface area contributed by atoms with E-state index in [9.17, 15) is 0 Å². The number of thioether (sulfide) groups is 1. The Hall–Kier alpha value is -0.910. The molecule has 1 N–H and O–H groups in total. The second-order valence-corrected chi connectivity index (χ2v) is 6.41. The van der Waals surface area contributed by atoms with Crippen LogP contribution < -0.4 is 10.1 Å². The van der Waals surface area contributed by atoms with Crippen LogP contribution in [0.4, 0.5) is 5.69 Å². The lowest BCUT2D eigenvalue weighted by Crippen LogP contribution is -2.34. The molecule has 0 aliphatic carbocycles. The van der Waals surface area contributed by atoms with Crippen molar-refractivity contribution in [2.45, 2.75) is 18.4 Å². The van der Waals surface area contributed by atoms with E-state index in [4.69, 9.17) is 26.1 Å². The van der Waals surface area contributed by atoms with E-state index in [1.165, 1.54) is 0 Å². The number of anilines is 1. The number of nitrogens with zero attached hydrogens (tertiary/aromatic N) is 1. The normalized spacial score (nSPS) is 20.8. The number of hydrogen-bond acceptors (Lipinski definition) is 5.